The minimum atomic E-state index is 0. The van der Waals surface area contributed by atoms with E-state index in [0.29, 0.717) is 12.1 Å². The van der Waals surface area contributed by atoms with Crippen LogP contribution in [0.3, 0.4) is 0 Å². The molecule has 0 radical (unpaired) electrons. The van der Waals surface area contributed by atoms with Crippen LogP contribution in [0.5, 0.6) is 0 Å². The zero-order chi connectivity index (χ0) is 9.80. The zero-order valence-electron chi connectivity index (χ0n) is 9.03. The summed E-state index contributed by atoms with van der Waals surface area (Å²) in [5.41, 5.74) is 0. The Hall–Kier alpha value is -0.0900. The molecule has 4 heteroatoms. The van der Waals surface area contributed by atoms with Crippen molar-refractivity contribution in [3.8, 4) is 0 Å². The van der Waals surface area contributed by atoms with Crippen molar-refractivity contribution in [1.29, 1.82) is 0 Å². The summed E-state index contributed by atoms with van der Waals surface area (Å²) in [6.07, 6.45) is 2.52. The maximum atomic E-state index is 3.69. The summed E-state index contributed by atoms with van der Waals surface area (Å²) in [7, 11) is 0. The molecule has 2 heterocycles. The Labute approximate surface area is 102 Å². The summed E-state index contributed by atoms with van der Waals surface area (Å²) in [6, 6.07) is 5.55. The first kappa shape index (κ1) is 13.0. The van der Waals surface area contributed by atoms with Gasteiger partial charge in [0.25, 0.3) is 0 Å². The molecule has 2 rings (SSSR count). The van der Waals surface area contributed by atoms with Gasteiger partial charge in [-0.1, -0.05) is 6.07 Å². The van der Waals surface area contributed by atoms with Gasteiger partial charge >= 0.3 is 0 Å². The van der Waals surface area contributed by atoms with Crippen LogP contribution in [0.15, 0.2) is 17.5 Å². The van der Waals surface area contributed by atoms with Crippen molar-refractivity contribution in [2.75, 3.05) is 13.1 Å². The minimum absolute atomic E-state index is 0. The summed E-state index contributed by atoms with van der Waals surface area (Å²) in [4.78, 5) is 1.45. The third kappa shape index (κ3) is 3.76. The van der Waals surface area contributed by atoms with Crippen molar-refractivity contribution >= 4 is 23.7 Å². The molecule has 2 nitrogen and oxygen atoms in total. The molecule has 0 saturated carbocycles. The van der Waals surface area contributed by atoms with E-state index in [2.05, 4.69) is 35.1 Å². The van der Waals surface area contributed by atoms with E-state index in [9.17, 15) is 0 Å². The normalized spacial score (nSPS) is 19.5. The summed E-state index contributed by atoms with van der Waals surface area (Å²) in [5, 5.41) is 9.23. The second-order valence-electron chi connectivity index (χ2n) is 3.93. The Bertz CT molecular complexity index is 258. The van der Waals surface area contributed by atoms with E-state index in [1.54, 1.807) is 0 Å². The van der Waals surface area contributed by atoms with Gasteiger partial charge in [-0.25, -0.2) is 0 Å². The quantitative estimate of drug-likeness (QED) is 0.857. The van der Waals surface area contributed by atoms with Crippen LogP contribution in [0.4, 0.5) is 0 Å². The number of thiophene rings is 1. The molecule has 1 aliphatic heterocycles. The summed E-state index contributed by atoms with van der Waals surface area (Å²) >= 11 is 1.84. The second-order valence-corrected chi connectivity index (χ2v) is 4.91. The van der Waals surface area contributed by atoms with Crippen LogP contribution in [0.2, 0.25) is 0 Å². The van der Waals surface area contributed by atoms with Gasteiger partial charge in [0.1, 0.15) is 0 Å². The van der Waals surface area contributed by atoms with Crippen LogP contribution in [0, 0.1) is 0 Å². The molecular weight excluding hydrogens is 228 g/mol. The highest BCUT2D eigenvalue weighted by Gasteiger charge is 2.15. The first-order valence-electron chi connectivity index (χ1n) is 5.36. The SMILES string of the molecule is CC(NC1CCNCC1)c1cccs1.Cl. The molecule has 2 N–H and O–H groups in total. The van der Waals surface area contributed by atoms with E-state index in [1.165, 1.54) is 17.7 Å². The summed E-state index contributed by atoms with van der Waals surface area (Å²) < 4.78 is 0. The Balaban J connectivity index is 0.00000112. The summed E-state index contributed by atoms with van der Waals surface area (Å²) in [6.45, 7) is 4.58. The van der Waals surface area contributed by atoms with Crippen LogP contribution >= 0.6 is 23.7 Å². The number of piperidine rings is 1. The van der Waals surface area contributed by atoms with Crippen molar-refractivity contribution in [1.82, 2.24) is 10.6 Å². The van der Waals surface area contributed by atoms with Crippen molar-refractivity contribution in [3.05, 3.63) is 22.4 Å². The number of rotatable bonds is 3. The molecule has 1 aromatic heterocycles. The predicted octanol–water partition coefficient (Wildman–Crippen LogP) is 2.57. The highest BCUT2D eigenvalue weighted by molar-refractivity contribution is 7.10. The molecule has 15 heavy (non-hydrogen) atoms. The molecule has 0 aliphatic carbocycles. The van der Waals surface area contributed by atoms with Gasteiger partial charge in [-0.3, -0.25) is 0 Å². The topological polar surface area (TPSA) is 24.1 Å². The molecule has 1 saturated heterocycles. The lowest BCUT2D eigenvalue weighted by atomic mass is 10.1. The van der Waals surface area contributed by atoms with Crippen LogP contribution < -0.4 is 10.6 Å². The Morgan fingerprint density at radius 3 is 2.80 bits per heavy atom. The molecule has 1 aliphatic rings. The first-order valence-corrected chi connectivity index (χ1v) is 6.24. The predicted molar refractivity (Wildman–Crippen MR) is 69.0 cm³/mol. The first-order chi connectivity index (χ1) is 6.86. The van der Waals surface area contributed by atoms with E-state index in [-0.39, 0.29) is 12.4 Å². The van der Waals surface area contributed by atoms with E-state index in [4.69, 9.17) is 0 Å². The molecule has 0 amide bonds. The fraction of sp³-hybridized carbons (Fsp3) is 0.636. The summed E-state index contributed by atoms with van der Waals surface area (Å²) in [5.74, 6) is 0. The number of hydrogen-bond donors (Lipinski definition) is 2. The molecule has 86 valence electrons. The molecule has 0 aromatic carbocycles. The van der Waals surface area contributed by atoms with Crippen LogP contribution in [-0.4, -0.2) is 19.1 Å². The van der Waals surface area contributed by atoms with Crippen molar-refractivity contribution < 1.29 is 0 Å². The fourth-order valence-corrected chi connectivity index (χ4v) is 2.71. The molecule has 0 bridgehead atoms. The smallest absolute Gasteiger partial charge is 0.0388 e. The highest BCUT2D eigenvalue weighted by Crippen LogP contribution is 2.19. The van der Waals surface area contributed by atoms with Gasteiger partial charge in [0.2, 0.25) is 0 Å². The van der Waals surface area contributed by atoms with E-state index >= 15 is 0 Å². The van der Waals surface area contributed by atoms with Gasteiger partial charge in [-0.05, 0) is 44.3 Å². The van der Waals surface area contributed by atoms with Crippen molar-refractivity contribution in [2.24, 2.45) is 0 Å². The monoisotopic (exact) mass is 246 g/mol. The maximum absolute atomic E-state index is 3.69. The zero-order valence-corrected chi connectivity index (χ0v) is 10.7. The van der Waals surface area contributed by atoms with Gasteiger partial charge < -0.3 is 10.6 Å². The van der Waals surface area contributed by atoms with E-state index in [0.717, 1.165) is 13.1 Å². The lowest BCUT2D eigenvalue weighted by Crippen LogP contribution is -2.40. The average molecular weight is 247 g/mol. The Morgan fingerprint density at radius 2 is 2.20 bits per heavy atom. The van der Waals surface area contributed by atoms with Gasteiger partial charge in [0.15, 0.2) is 0 Å². The second kappa shape index (κ2) is 6.48. The van der Waals surface area contributed by atoms with Crippen molar-refractivity contribution in [2.45, 2.75) is 31.8 Å². The average Bonchev–Trinajstić information content (AvgIpc) is 2.72. The third-order valence-electron chi connectivity index (χ3n) is 2.79. The largest absolute Gasteiger partial charge is 0.317 e. The maximum Gasteiger partial charge on any atom is 0.0388 e. The van der Waals surface area contributed by atoms with Crippen molar-refractivity contribution in [3.63, 3.8) is 0 Å². The van der Waals surface area contributed by atoms with E-state index in [1.807, 2.05) is 11.3 Å². The standard InChI is InChI=1S/C11H18N2S.ClH/c1-9(11-3-2-8-14-11)13-10-4-6-12-7-5-10;/h2-3,8-10,12-13H,4-7H2,1H3;1H. The molecular formula is C11H19ClN2S. The van der Waals surface area contributed by atoms with Crippen LogP contribution in [0.25, 0.3) is 0 Å². The lowest BCUT2D eigenvalue weighted by Gasteiger charge is -2.26. The van der Waals surface area contributed by atoms with Crippen LogP contribution in [-0.2, 0) is 0 Å². The Kier molecular flexibility index (Phi) is 5.61. The number of nitrogens with one attached hydrogen (secondary N) is 2. The van der Waals surface area contributed by atoms with Gasteiger partial charge in [-0.2, -0.15) is 0 Å². The molecule has 1 unspecified atom stereocenters. The molecule has 0 spiro atoms. The van der Waals surface area contributed by atoms with Gasteiger partial charge in [0, 0.05) is 17.0 Å². The molecule has 1 aromatic rings. The fourth-order valence-electron chi connectivity index (χ4n) is 1.96. The third-order valence-corrected chi connectivity index (χ3v) is 3.85. The molecule has 1 fully saturated rings. The lowest BCUT2D eigenvalue weighted by molar-refractivity contribution is 0.361. The number of hydrogen-bond acceptors (Lipinski definition) is 3. The minimum Gasteiger partial charge on any atom is -0.317 e. The van der Waals surface area contributed by atoms with Gasteiger partial charge in [-0.15, -0.1) is 23.7 Å². The highest BCUT2D eigenvalue weighted by atomic mass is 35.5. The van der Waals surface area contributed by atoms with E-state index < -0.39 is 0 Å². The Morgan fingerprint density at radius 1 is 1.47 bits per heavy atom. The number of halogens is 1. The van der Waals surface area contributed by atoms with Gasteiger partial charge in [0.05, 0.1) is 0 Å². The van der Waals surface area contributed by atoms with Crippen LogP contribution in [0.1, 0.15) is 30.7 Å². The molecule has 1 atom stereocenters.